The summed E-state index contributed by atoms with van der Waals surface area (Å²) < 4.78 is 0. The Morgan fingerprint density at radius 1 is 1.14 bits per heavy atom. The Morgan fingerprint density at radius 2 is 1.82 bits per heavy atom. The largest absolute Gasteiger partial charge is 0.354 e. The third kappa shape index (κ3) is 3.85. The summed E-state index contributed by atoms with van der Waals surface area (Å²) in [6.45, 7) is 9.02. The molecule has 1 aromatic heterocycles. The third-order valence-corrected chi connectivity index (χ3v) is 6.08. The van der Waals surface area contributed by atoms with Crippen LogP contribution in [0, 0.1) is 12.3 Å². The minimum Gasteiger partial charge on any atom is -0.354 e. The van der Waals surface area contributed by atoms with E-state index in [0.717, 1.165) is 36.1 Å². The van der Waals surface area contributed by atoms with Crippen LogP contribution >= 0.6 is 0 Å². The molecule has 2 amide bonds. The van der Waals surface area contributed by atoms with E-state index in [1.54, 1.807) is 0 Å². The number of fused-ring (bicyclic) bond motifs is 1. The van der Waals surface area contributed by atoms with E-state index in [0.29, 0.717) is 50.9 Å². The van der Waals surface area contributed by atoms with Crippen LogP contribution in [0.3, 0.4) is 0 Å². The Kier molecular flexibility index (Phi) is 4.81. The Labute approximate surface area is 165 Å². The zero-order chi connectivity index (χ0) is 20.1. The predicted molar refractivity (Wildman–Crippen MR) is 105 cm³/mol. The summed E-state index contributed by atoms with van der Waals surface area (Å²) in [5.74, 6) is 0.168. The van der Waals surface area contributed by atoms with Crippen molar-refractivity contribution in [3.05, 3.63) is 22.5 Å². The Morgan fingerprint density at radius 3 is 2.46 bits per heavy atom. The lowest BCUT2D eigenvalue weighted by Gasteiger charge is -2.34. The van der Waals surface area contributed by atoms with Crippen LogP contribution < -0.4 is 5.32 Å². The molecule has 0 bridgehead atoms. The first kappa shape index (κ1) is 19.2. The van der Waals surface area contributed by atoms with Crippen molar-refractivity contribution in [2.24, 2.45) is 5.41 Å². The summed E-state index contributed by atoms with van der Waals surface area (Å²) >= 11 is 0. The number of carbonyl (C=O) groups excluding carboxylic acids is 3. The number of piperazine rings is 1. The van der Waals surface area contributed by atoms with Gasteiger partial charge in [0.05, 0.1) is 6.54 Å². The monoisotopic (exact) mass is 386 g/mol. The van der Waals surface area contributed by atoms with Crippen LogP contribution in [0.25, 0.3) is 0 Å². The second kappa shape index (κ2) is 7.03. The highest BCUT2D eigenvalue weighted by molar-refractivity contribution is 6.04. The third-order valence-electron chi connectivity index (χ3n) is 6.08. The molecule has 2 aliphatic carbocycles. The Bertz CT molecular complexity index is 814. The van der Waals surface area contributed by atoms with E-state index in [9.17, 15) is 14.4 Å². The highest BCUT2D eigenvalue weighted by Crippen LogP contribution is 2.37. The molecule has 152 valence electrons. The summed E-state index contributed by atoms with van der Waals surface area (Å²) in [6, 6.07) is 0.380. The average Bonchev–Trinajstić information content (AvgIpc) is 3.35. The van der Waals surface area contributed by atoms with Crippen LogP contribution in [-0.2, 0) is 11.2 Å². The van der Waals surface area contributed by atoms with Gasteiger partial charge in [0.1, 0.15) is 5.69 Å². The molecule has 7 nitrogen and oxygen atoms in total. The fraction of sp³-hybridized carbons (Fsp3) is 0.667. The van der Waals surface area contributed by atoms with Gasteiger partial charge >= 0.3 is 0 Å². The molecule has 4 rings (SSSR count). The number of carbonyl (C=O) groups is 3. The van der Waals surface area contributed by atoms with Gasteiger partial charge in [0.15, 0.2) is 5.78 Å². The molecular formula is C21H30N4O3. The minimum atomic E-state index is -0.0750. The molecule has 2 heterocycles. The number of nitrogens with zero attached hydrogens (tertiary/aromatic N) is 2. The standard InChI is InChI=1S/C21H30N4O3/c1-13-18-15(10-21(2,3)11-16(18)26)23-19(13)20(28)25-8-6-24(7-9-25)12-17(27)22-14-4-5-14/h14,23H,4-12H2,1-3H3,(H,22,27). The normalized spacial score (nSPS) is 22.1. The van der Waals surface area contributed by atoms with Crippen molar-refractivity contribution >= 4 is 17.6 Å². The number of Topliss-reactive ketones (excluding diaryl/α,β-unsaturated/α-hetero) is 1. The van der Waals surface area contributed by atoms with Crippen LogP contribution in [0.1, 0.15) is 65.2 Å². The lowest BCUT2D eigenvalue weighted by molar-refractivity contribution is -0.122. The lowest BCUT2D eigenvalue weighted by Crippen LogP contribution is -2.51. The van der Waals surface area contributed by atoms with Gasteiger partial charge in [-0.2, -0.15) is 0 Å². The number of amides is 2. The molecule has 0 spiro atoms. The van der Waals surface area contributed by atoms with Crippen LogP contribution in [0.15, 0.2) is 0 Å². The second-order valence-electron chi connectivity index (χ2n) is 9.33. The van der Waals surface area contributed by atoms with Gasteiger partial charge in [-0.25, -0.2) is 0 Å². The van der Waals surface area contributed by atoms with Crippen LogP contribution in [0.5, 0.6) is 0 Å². The smallest absolute Gasteiger partial charge is 0.270 e. The van der Waals surface area contributed by atoms with Crippen molar-refractivity contribution in [2.45, 2.75) is 52.5 Å². The van der Waals surface area contributed by atoms with Crippen molar-refractivity contribution in [3.8, 4) is 0 Å². The first-order chi connectivity index (χ1) is 13.2. The van der Waals surface area contributed by atoms with E-state index >= 15 is 0 Å². The number of hydrogen-bond acceptors (Lipinski definition) is 4. The lowest BCUT2D eigenvalue weighted by atomic mass is 9.75. The Hall–Kier alpha value is -2.15. The summed E-state index contributed by atoms with van der Waals surface area (Å²) in [4.78, 5) is 44.8. The molecule has 0 aromatic carbocycles. The van der Waals surface area contributed by atoms with E-state index in [-0.39, 0.29) is 23.0 Å². The van der Waals surface area contributed by atoms with Gasteiger partial charge in [-0.15, -0.1) is 0 Å². The molecule has 0 radical (unpaired) electrons. The summed E-state index contributed by atoms with van der Waals surface area (Å²) in [5, 5.41) is 3.01. The van der Waals surface area contributed by atoms with Gasteiger partial charge in [-0.1, -0.05) is 13.8 Å². The molecule has 1 aliphatic heterocycles. The molecule has 1 aromatic rings. The highest BCUT2D eigenvalue weighted by atomic mass is 16.2. The molecule has 3 aliphatic rings. The highest BCUT2D eigenvalue weighted by Gasteiger charge is 2.36. The maximum absolute atomic E-state index is 13.1. The number of hydrogen-bond donors (Lipinski definition) is 2. The SMILES string of the molecule is Cc1c(C(=O)N2CCN(CC(=O)NC3CC3)CC2)[nH]c2c1C(=O)CC(C)(C)C2. The number of aromatic nitrogens is 1. The maximum atomic E-state index is 13.1. The molecule has 1 saturated carbocycles. The van der Waals surface area contributed by atoms with Crippen LogP contribution in [0.4, 0.5) is 0 Å². The van der Waals surface area contributed by atoms with Crippen molar-refractivity contribution in [3.63, 3.8) is 0 Å². The molecule has 0 atom stereocenters. The first-order valence-corrected chi connectivity index (χ1v) is 10.3. The quantitative estimate of drug-likeness (QED) is 0.822. The number of ketones is 1. The molecule has 7 heteroatoms. The van der Waals surface area contributed by atoms with Crippen molar-refractivity contribution < 1.29 is 14.4 Å². The molecule has 1 saturated heterocycles. The molecular weight excluding hydrogens is 356 g/mol. The fourth-order valence-electron chi connectivity index (χ4n) is 4.42. The van der Waals surface area contributed by atoms with Gasteiger partial charge in [-0.3, -0.25) is 19.3 Å². The molecule has 2 N–H and O–H groups in total. The van der Waals surface area contributed by atoms with Crippen LogP contribution in [-0.4, -0.2) is 71.1 Å². The number of nitrogens with one attached hydrogen (secondary N) is 2. The molecule has 2 fully saturated rings. The van der Waals surface area contributed by atoms with E-state index in [1.165, 1.54) is 0 Å². The van der Waals surface area contributed by atoms with E-state index < -0.39 is 0 Å². The zero-order valence-electron chi connectivity index (χ0n) is 17.1. The zero-order valence-corrected chi connectivity index (χ0v) is 17.1. The van der Waals surface area contributed by atoms with Gasteiger partial charge < -0.3 is 15.2 Å². The van der Waals surface area contributed by atoms with Gasteiger partial charge in [0, 0.05) is 49.9 Å². The van der Waals surface area contributed by atoms with Gasteiger partial charge in [-0.05, 0) is 37.2 Å². The number of rotatable bonds is 4. The van der Waals surface area contributed by atoms with Crippen molar-refractivity contribution in [2.75, 3.05) is 32.7 Å². The van der Waals surface area contributed by atoms with Crippen molar-refractivity contribution in [1.29, 1.82) is 0 Å². The summed E-state index contributed by atoms with van der Waals surface area (Å²) in [5.41, 5.74) is 2.88. The van der Waals surface area contributed by atoms with Crippen LogP contribution in [0.2, 0.25) is 0 Å². The van der Waals surface area contributed by atoms with E-state index in [2.05, 4.69) is 29.0 Å². The first-order valence-electron chi connectivity index (χ1n) is 10.3. The second-order valence-corrected chi connectivity index (χ2v) is 9.33. The van der Waals surface area contributed by atoms with Gasteiger partial charge in [0.2, 0.25) is 5.91 Å². The maximum Gasteiger partial charge on any atom is 0.270 e. The average molecular weight is 386 g/mol. The van der Waals surface area contributed by atoms with Crippen molar-refractivity contribution in [1.82, 2.24) is 20.1 Å². The van der Waals surface area contributed by atoms with E-state index in [1.807, 2.05) is 11.8 Å². The summed E-state index contributed by atoms with van der Waals surface area (Å²) in [6.07, 6.45) is 3.49. The summed E-state index contributed by atoms with van der Waals surface area (Å²) in [7, 11) is 0. The molecule has 28 heavy (non-hydrogen) atoms. The topological polar surface area (TPSA) is 85.5 Å². The van der Waals surface area contributed by atoms with E-state index in [4.69, 9.17) is 0 Å². The minimum absolute atomic E-state index is 0.0420. The fourth-order valence-corrected chi connectivity index (χ4v) is 4.42. The Balaban J connectivity index is 1.39. The predicted octanol–water partition coefficient (Wildman–Crippen LogP) is 1.51. The molecule has 0 unspecified atom stereocenters. The number of H-pyrrole nitrogens is 1. The number of aromatic amines is 1. The van der Waals surface area contributed by atoms with Gasteiger partial charge in [0.25, 0.3) is 5.91 Å².